The Morgan fingerprint density at radius 2 is 1.85 bits per heavy atom. The maximum absolute atomic E-state index is 10.9. The molecule has 0 fully saturated rings. The van der Waals surface area contributed by atoms with E-state index in [9.17, 15) is 4.79 Å². The lowest BCUT2D eigenvalue weighted by atomic mass is 10.1. The van der Waals surface area contributed by atoms with Gasteiger partial charge in [-0.05, 0) is 19.8 Å². The minimum Gasteiger partial charge on any atom is -0.466 e. The fraction of sp³-hybridized carbons (Fsp3) is 0.900. The van der Waals surface area contributed by atoms with E-state index in [1.165, 1.54) is 0 Å². The lowest BCUT2D eigenvalue weighted by Gasteiger charge is -2.01. The van der Waals surface area contributed by atoms with Crippen molar-refractivity contribution >= 4 is 5.97 Å². The molecule has 0 aromatic rings. The summed E-state index contributed by atoms with van der Waals surface area (Å²) >= 11 is 0. The van der Waals surface area contributed by atoms with Crippen LogP contribution in [0, 0.1) is 0 Å². The Morgan fingerprint density at radius 1 is 1.15 bits per heavy atom. The molecule has 78 valence electrons. The summed E-state index contributed by atoms with van der Waals surface area (Å²) < 4.78 is 9.72. The second-order valence-corrected chi connectivity index (χ2v) is 2.96. The topological polar surface area (TPSA) is 35.5 Å². The third-order valence-corrected chi connectivity index (χ3v) is 1.78. The van der Waals surface area contributed by atoms with Gasteiger partial charge in [-0.1, -0.05) is 12.8 Å². The molecule has 0 aliphatic heterocycles. The van der Waals surface area contributed by atoms with Gasteiger partial charge in [0.05, 0.1) is 6.61 Å². The number of methoxy groups -OCH3 is 1. The van der Waals surface area contributed by atoms with Crippen LogP contribution in [0.2, 0.25) is 0 Å². The van der Waals surface area contributed by atoms with Gasteiger partial charge in [-0.2, -0.15) is 0 Å². The van der Waals surface area contributed by atoms with Crippen molar-refractivity contribution in [1.82, 2.24) is 0 Å². The van der Waals surface area contributed by atoms with Crippen molar-refractivity contribution in [2.24, 2.45) is 0 Å². The van der Waals surface area contributed by atoms with Crippen molar-refractivity contribution in [3.63, 3.8) is 0 Å². The Balaban J connectivity index is 3.02. The summed E-state index contributed by atoms with van der Waals surface area (Å²) in [7, 11) is 1.71. The molecule has 0 heterocycles. The zero-order valence-corrected chi connectivity index (χ0v) is 8.67. The van der Waals surface area contributed by atoms with E-state index in [0.29, 0.717) is 13.0 Å². The summed E-state index contributed by atoms with van der Waals surface area (Å²) in [5, 5.41) is 0. The van der Waals surface area contributed by atoms with Gasteiger partial charge < -0.3 is 9.47 Å². The molecular formula is C10H20O3. The minimum absolute atomic E-state index is 0.0748. The van der Waals surface area contributed by atoms with Crippen LogP contribution in [0.15, 0.2) is 0 Å². The highest BCUT2D eigenvalue weighted by Gasteiger charge is 1.99. The van der Waals surface area contributed by atoms with Gasteiger partial charge in [0.25, 0.3) is 0 Å². The van der Waals surface area contributed by atoms with Crippen LogP contribution >= 0.6 is 0 Å². The summed E-state index contributed by atoms with van der Waals surface area (Å²) in [5.41, 5.74) is 0. The van der Waals surface area contributed by atoms with E-state index < -0.39 is 0 Å². The Bertz CT molecular complexity index is 123. The predicted molar refractivity (Wildman–Crippen MR) is 51.6 cm³/mol. The van der Waals surface area contributed by atoms with Gasteiger partial charge in [-0.25, -0.2) is 0 Å². The van der Waals surface area contributed by atoms with E-state index in [1.54, 1.807) is 7.11 Å². The molecule has 0 aliphatic rings. The molecule has 0 aliphatic carbocycles. The molecule has 0 radical (unpaired) electrons. The van der Waals surface area contributed by atoms with Gasteiger partial charge in [-0.15, -0.1) is 0 Å². The summed E-state index contributed by atoms with van der Waals surface area (Å²) in [6, 6.07) is 0. The molecule has 0 unspecified atom stereocenters. The molecular weight excluding hydrogens is 168 g/mol. The second kappa shape index (κ2) is 9.52. The molecule has 0 atom stereocenters. The van der Waals surface area contributed by atoms with Crippen LogP contribution in [0.1, 0.15) is 39.0 Å². The number of rotatable bonds is 8. The van der Waals surface area contributed by atoms with Crippen LogP contribution in [0.4, 0.5) is 0 Å². The Labute approximate surface area is 80.4 Å². The first-order chi connectivity index (χ1) is 6.31. The van der Waals surface area contributed by atoms with Crippen molar-refractivity contribution in [3.05, 3.63) is 0 Å². The van der Waals surface area contributed by atoms with E-state index in [1.807, 2.05) is 6.92 Å². The number of unbranched alkanes of at least 4 members (excludes halogenated alkanes) is 3. The molecule has 0 bridgehead atoms. The molecule has 0 aromatic heterocycles. The van der Waals surface area contributed by atoms with E-state index in [2.05, 4.69) is 0 Å². The average Bonchev–Trinajstić information content (AvgIpc) is 2.11. The fourth-order valence-electron chi connectivity index (χ4n) is 1.10. The largest absolute Gasteiger partial charge is 0.466 e. The Morgan fingerprint density at radius 3 is 2.46 bits per heavy atom. The highest BCUT2D eigenvalue weighted by molar-refractivity contribution is 5.69. The van der Waals surface area contributed by atoms with Crippen LogP contribution in [0.25, 0.3) is 0 Å². The van der Waals surface area contributed by atoms with Gasteiger partial charge in [0.2, 0.25) is 0 Å². The summed E-state index contributed by atoms with van der Waals surface area (Å²) in [4.78, 5) is 10.9. The van der Waals surface area contributed by atoms with Crippen molar-refractivity contribution in [2.75, 3.05) is 20.3 Å². The lowest BCUT2D eigenvalue weighted by molar-refractivity contribution is -0.143. The third-order valence-electron chi connectivity index (χ3n) is 1.78. The molecule has 0 saturated heterocycles. The summed E-state index contributed by atoms with van der Waals surface area (Å²) in [6.45, 7) is 3.14. The number of carbonyl (C=O) groups is 1. The van der Waals surface area contributed by atoms with Crippen molar-refractivity contribution < 1.29 is 14.3 Å². The summed E-state index contributed by atoms with van der Waals surface area (Å²) in [5.74, 6) is -0.0748. The molecule has 0 spiro atoms. The van der Waals surface area contributed by atoms with Crippen LogP contribution in [-0.2, 0) is 14.3 Å². The van der Waals surface area contributed by atoms with Gasteiger partial charge in [0, 0.05) is 20.1 Å². The molecule has 3 nitrogen and oxygen atoms in total. The monoisotopic (exact) mass is 188 g/mol. The maximum atomic E-state index is 10.9. The molecule has 0 N–H and O–H groups in total. The molecule has 0 saturated carbocycles. The summed E-state index contributed by atoms with van der Waals surface area (Å²) in [6.07, 6.45) is 4.79. The Hall–Kier alpha value is -0.570. The highest BCUT2D eigenvalue weighted by atomic mass is 16.5. The second-order valence-electron chi connectivity index (χ2n) is 2.96. The predicted octanol–water partition coefficient (Wildman–Crippen LogP) is 2.15. The SMILES string of the molecule is CCOC(=O)CCCCCCOC. The zero-order chi connectivity index (χ0) is 9.94. The fourth-order valence-corrected chi connectivity index (χ4v) is 1.10. The maximum Gasteiger partial charge on any atom is 0.305 e. The molecule has 0 amide bonds. The highest BCUT2D eigenvalue weighted by Crippen LogP contribution is 2.03. The standard InChI is InChI=1S/C10H20O3/c1-3-13-10(11)8-6-4-5-7-9-12-2/h3-9H2,1-2H3. The first-order valence-corrected chi connectivity index (χ1v) is 4.95. The van der Waals surface area contributed by atoms with Crippen LogP contribution < -0.4 is 0 Å². The normalized spacial score (nSPS) is 10.0. The lowest BCUT2D eigenvalue weighted by Crippen LogP contribution is -2.03. The van der Waals surface area contributed by atoms with Crippen LogP contribution in [0.5, 0.6) is 0 Å². The van der Waals surface area contributed by atoms with Crippen molar-refractivity contribution in [1.29, 1.82) is 0 Å². The van der Waals surface area contributed by atoms with Gasteiger partial charge in [0.1, 0.15) is 0 Å². The van der Waals surface area contributed by atoms with Gasteiger partial charge >= 0.3 is 5.97 Å². The average molecular weight is 188 g/mol. The zero-order valence-electron chi connectivity index (χ0n) is 8.67. The number of hydrogen-bond donors (Lipinski definition) is 0. The van der Waals surface area contributed by atoms with Gasteiger partial charge in [0.15, 0.2) is 0 Å². The van der Waals surface area contributed by atoms with Crippen molar-refractivity contribution in [3.8, 4) is 0 Å². The minimum atomic E-state index is -0.0748. The van der Waals surface area contributed by atoms with E-state index in [0.717, 1.165) is 32.3 Å². The first kappa shape index (κ1) is 12.4. The number of ether oxygens (including phenoxy) is 2. The van der Waals surface area contributed by atoms with E-state index >= 15 is 0 Å². The number of esters is 1. The first-order valence-electron chi connectivity index (χ1n) is 4.95. The van der Waals surface area contributed by atoms with E-state index in [-0.39, 0.29) is 5.97 Å². The number of hydrogen-bond acceptors (Lipinski definition) is 3. The van der Waals surface area contributed by atoms with Crippen LogP contribution in [0.3, 0.4) is 0 Å². The molecule has 13 heavy (non-hydrogen) atoms. The molecule has 0 rings (SSSR count). The van der Waals surface area contributed by atoms with Crippen molar-refractivity contribution in [2.45, 2.75) is 39.0 Å². The molecule has 0 aromatic carbocycles. The quantitative estimate of drug-likeness (QED) is 0.432. The van der Waals surface area contributed by atoms with E-state index in [4.69, 9.17) is 9.47 Å². The third kappa shape index (κ3) is 9.34. The Kier molecular flexibility index (Phi) is 9.10. The molecule has 3 heteroatoms. The smallest absolute Gasteiger partial charge is 0.305 e. The van der Waals surface area contributed by atoms with Gasteiger partial charge in [-0.3, -0.25) is 4.79 Å². The van der Waals surface area contributed by atoms with Crippen LogP contribution in [-0.4, -0.2) is 26.3 Å². The number of carbonyl (C=O) groups excluding carboxylic acids is 1.